The minimum Gasteiger partial charge on any atom is -0.387 e. The average Bonchev–Trinajstić information content (AvgIpc) is 2.34. The van der Waals surface area contributed by atoms with Crippen LogP contribution >= 0.6 is 0 Å². The molecule has 114 valence electrons. The van der Waals surface area contributed by atoms with Crippen LogP contribution in [0, 0.1) is 0 Å². The highest BCUT2D eigenvalue weighted by molar-refractivity contribution is 7.81. The van der Waals surface area contributed by atoms with Crippen molar-refractivity contribution >= 4 is 10.4 Å². The summed E-state index contributed by atoms with van der Waals surface area (Å²) in [6.45, 7) is 7.74. The number of ether oxygens (including phenoxy) is 1. The van der Waals surface area contributed by atoms with Gasteiger partial charge in [-0.25, -0.2) is 4.18 Å². The summed E-state index contributed by atoms with van der Waals surface area (Å²) in [5.41, 5.74) is -0.145. The van der Waals surface area contributed by atoms with Crippen molar-refractivity contribution in [3.05, 3.63) is 12.2 Å². The van der Waals surface area contributed by atoms with Crippen LogP contribution in [0.1, 0.15) is 33.1 Å². The molecule has 0 aromatic heterocycles. The molecule has 3 N–H and O–H groups in total. The Kier molecular flexibility index (Phi) is 8.39. The van der Waals surface area contributed by atoms with E-state index in [4.69, 9.17) is 4.74 Å². The Morgan fingerprint density at radius 3 is 2.53 bits per heavy atom. The molecule has 0 heterocycles. The van der Waals surface area contributed by atoms with Crippen molar-refractivity contribution in [1.82, 2.24) is 0 Å². The summed E-state index contributed by atoms with van der Waals surface area (Å²) < 4.78 is 35.0. The normalized spacial score (nSPS) is 15.2. The molecule has 0 aliphatic carbocycles. The molecule has 0 aromatic rings. The summed E-state index contributed by atoms with van der Waals surface area (Å²) >= 11 is 0. The highest BCUT2D eigenvalue weighted by Gasteiger charge is 2.26. The molecule has 0 amide bonds. The highest BCUT2D eigenvalue weighted by atomic mass is 32.3. The number of hydrogen-bond donors (Lipinski definition) is 2. The minimum absolute atomic E-state index is 0.0964. The van der Waals surface area contributed by atoms with Gasteiger partial charge >= 0.3 is 10.4 Å². The van der Waals surface area contributed by atoms with Crippen molar-refractivity contribution in [1.29, 1.82) is 0 Å². The number of nitrogens with two attached hydrogens (primary N) is 1. The summed E-state index contributed by atoms with van der Waals surface area (Å²) in [4.78, 5) is 0. The number of aliphatic hydroxyl groups is 1. The molecule has 1 unspecified atom stereocenters. The third-order valence-electron chi connectivity index (χ3n) is 2.61. The molecule has 0 fully saturated rings. The van der Waals surface area contributed by atoms with Crippen molar-refractivity contribution in [2.45, 2.75) is 38.7 Å². The third-order valence-corrected chi connectivity index (χ3v) is 3.31. The lowest BCUT2D eigenvalue weighted by molar-refractivity contribution is -0.0596. The van der Waals surface area contributed by atoms with E-state index in [9.17, 15) is 13.5 Å². The first-order valence-corrected chi connectivity index (χ1v) is 7.30. The fourth-order valence-corrected chi connectivity index (χ4v) is 1.56. The van der Waals surface area contributed by atoms with Crippen LogP contribution in [0.15, 0.2) is 12.2 Å². The molecule has 8 heteroatoms. The van der Waals surface area contributed by atoms with Crippen LogP contribution in [0.2, 0.25) is 0 Å². The molecule has 0 aliphatic heterocycles. The fraction of sp³-hybridized carbons (Fsp3) is 0.818. The lowest BCUT2D eigenvalue weighted by Gasteiger charge is -2.26. The van der Waals surface area contributed by atoms with Crippen LogP contribution in [0.5, 0.6) is 0 Å². The summed E-state index contributed by atoms with van der Waals surface area (Å²) in [6.07, 6.45) is 1.22. The molecular weight excluding hydrogens is 274 g/mol. The lowest BCUT2D eigenvalue weighted by Crippen LogP contribution is -2.36. The predicted octanol–water partition coefficient (Wildman–Crippen LogP) is 0.652. The van der Waals surface area contributed by atoms with Gasteiger partial charge in [-0.1, -0.05) is 12.5 Å². The molecular formula is C11H23NO6S. The second kappa shape index (κ2) is 8.62. The van der Waals surface area contributed by atoms with Crippen molar-refractivity contribution in [3.8, 4) is 0 Å². The Morgan fingerprint density at radius 1 is 1.42 bits per heavy atom. The van der Waals surface area contributed by atoms with Gasteiger partial charge in [-0.15, -0.1) is 6.58 Å². The number of rotatable bonds is 11. The Hall–Kier alpha value is -0.510. The molecule has 0 aromatic carbocycles. The SMILES string of the molecule is C=C(C)CCOCC(O)(CC)CCOS(=O)(=O)ON. The van der Waals surface area contributed by atoms with Crippen molar-refractivity contribution in [2.75, 3.05) is 19.8 Å². The molecule has 19 heavy (non-hydrogen) atoms. The molecule has 0 bridgehead atoms. The van der Waals surface area contributed by atoms with E-state index in [1.165, 1.54) is 0 Å². The predicted molar refractivity (Wildman–Crippen MR) is 70.3 cm³/mol. The topological polar surface area (TPSA) is 108 Å². The van der Waals surface area contributed by atoms with E-state index in [1.807, 2.05) is 6.92 Å². The maximum atomic E-state index is 10.8. The molecule has 0 aliphatic rings. The lowest BCUT2D eigenvalue weighted by atomic mass is 9.98. The van der Waals surface area contributed by atoms with Gasteiger partial charge in [0.15, 0.2) is 0 Å². The molecule has 7 nitrogen and oxygen atoms in total. The minimum atomic E-state index is -4.17. The van der Waals surface area contributed by atoms with E-state index < -0.39 is 16.0 Å². The first kappa shape index (κ1) is 18.5. The van der Waals surface area contributed by atoms with E-state index in [0.29, 0.717) is 19.4 Å². The summed E-state index contributed by atoms with van der Waals surface area (Å²) in [5.74, 6) is 4.51. The van der Waals surface area contributed by atoms with E-state index >= 15 is 0 Å². The van der Waals surface area contributed by atoms with Gasteiger partial charge in [-0.2, -0.15) is 18.6 Å². The van der Waals surface area contributed by atoms with Crippen LogP contribution in [0.4, 0.5) is 0 Å². The maximum absolute atomic E-state index is 10.8. The second-order valence-corrected chi connectivity index (χ2v) is 5.66. The van der Waals surface area contributed by atoms with Crippen LogP contribution in [0.25, 0.3) is 0 Å². The van der Waals surface area contributed by atoms with Crippen LogP contribution in [0.3, 0.4) is 0 Å². The Balaban J connectivity index is 4.05. The van der Waals surface area contributed by atoms with Gasteiger partial charge in [0.05, 0.1) is 25.4 Å². The van der Waals surface area contributed by atoms with Gasteiger partial charge in [0.2, 0.25) is 0 Å². The van der Waals surface area contributed by atoms with Gasteiger partial charge in [0.1, 0.15) is 0 Å². The molecule has 0 spiro atoms. The molecule has 1 atom stereocenters. The van der Waals surface area contributed by atoms with Gasteiger partial charge in [-0.3, -0.25) is 0 Å². The highest BCUT2D eigenvalue weighted by Crippen LogP contribution is 2.16. The monoisotopic (exact) mass is 297 g/mol. The van der Waals surface area contributed by atoms with Crippen molar-refractivity contribution in [2.24, 2.45) is 5.90 Å². The summed E-state index contributed by atoms with van der Waals surface area (Å²) in [7, 11) is -4.17. The molecule has 0 saturated heterocycles. The first-order chi connectivity index (χ1) is 8.74. The largest absolute Gasteiger partial charge is 0.415 e. The Bertz CT molecular complexity index is 369. The first-order valence-electron chi connectivity index (χ1n) is 5.97. The number of hydrogen-bond acceptors (Lipinski definition) is 7. The van der Waals surface area contributed by atoms with Gasteiger partial charge in [0.25, 0.3) is 0 Å². The van der Waals surface area contributed by atoms with Crippen LogP contribution < -0.4 is 5.90 Å². The molecule has 0 rings (SSSR count). The quantitative estimate of drug-likeness (QED) is 0.327. The van der Waals surface area contributed by atoms with Gasteiger partial charge in [-0.05, 0) is 19.8 Å². The molecule has 0 radical (unpaired) electrons. The van der Waals surface area contributed by atoms with Gasteiger partial charge < -0.3 is 9.84 Å². The second-order valence-electron chi connectivity index (χ2n) is 4.41. The summed E-state index contributed by atoms with van der Waals surface area (Å²) in [6, 6.07) is 0. The van der Waals surface area contributed by atoms with E-state index in [-0.39, 0.29) is 19.6 Å². The average molecular weight is 297 g/mol. The van der Waals surface area contributed by atoms with Crippen molar-refractivity contribution in [3.63, 3.8) is 0 Å². The fourth-order valence-electron chi connectivity index (χ4n) is 1.22. The zero-order chi connectivity index (χ0) is 14.9. The van der Waals surface area contributed by atoms with E-state index in [1.54, 1.807) is 6.92 Å². The van der Waals surface area contributed by atoms with Gasteiger partial charge in [0, 0.05) is 6.42 Å². The van der Waals surface area contributed by atoms with Crippen LogP contribution in [-0.4, -0.2) is 38.9 Å². The van der Waals surface area contributed by atoms with E-state index in [2.05, 4.69) is 20.9 Å². The van der Waals surface area contributed by atoms with Crippen LogP contribution in [-0.2, 0) is 23.6 Å². The molecule has 0 saturated carbocycles. The Labute approximate surface area is 114 Å². The zero-order valence-corrected chi connectivity index (χ0v) is 12.2. The smallest absolute Gasteiger partial charge is 0.387 e. The van der Waals surface area contributed by atoms with E-state index in [0.717, 1.165) is 5.57 Å². The zero-order valence-electron chi connectivity index (χ0n) is 11.4. The van der Waals surface area contributed by atoms with Crippen molar-refractivity contribution < 1.29 is 26.7 Å². The Morgan fingerprint density at radius 2 is 2.05 bits per heavy atom. The third kappa shape index (κ3) is 9.09. The maximum Gasteiger partial charge on any atom is 0.415 e. The summed E-state index contributed by atoms with van der Waals surface area (Å²) in [5, 5.41) is 10.2. The standard InChI is InChI=1S/C11H23NO6S/c1-4-11(13,9-16-7-5-10(2)3)6-8-17-19(14,15)18-12/h13H,2,4-9,12H2,1,3H3.